The molecular formula is C12H25NO3. The Morgan fingerprint density at radius 3 is 2.25 bits per heavy atom. The Morgan fingerprint density at radius 1 is 1.25 bits per heavy atom. The van der Waals surface area contributed by atoms with Crippen molar-refractivity contribution >= 4 is 5.91 Å². The van der Waals surface area contributed by atoms with Crippen molar-refractivity contribution in [2.24, 2.45) is 0 Å². The molecule has 2 N–H and O–H groups in total. The number of hydrogen-bond acceptors (Lipinski definition) is 3. The average molecular weight is 231 g/mol. The van der Waals surface area contributed by atoms with Crippen LogP contribution in [0.3, 0.4) is 0 Å². The first-order chi connectivity index (χ1) is 7.12. The summed E-state index contributed by atoms with van der Waals surface area (Å²) < 4.78 is 5.68. The maximum absolute atomic E-state index is 10.7. The van der Waals surface area contributed by atoms with Gasteiger partial charge in [0, 0.05) is 13.5 Å². The largest absolute Gasteiger partial charge is 0.390 e. The van der Waals surface area contributed by atoms with Crippen LogP contribution in [0, 0.1) is 0 Å². The molecule has 0 fully saturated rings. The molecule has 4 nitrogen and oxygen atoms in total. The molecule has 0 unspecified atom stereocenters. The van der Waals surface area contributed by atoms with Gasteiger partial charge in [-0.15, -0.1) is 0 Å². The molecule has 0 bridgehead atoms. The van der Waals surface area contributed by atoms with Gasteiger partial charge in [-0.3, -0.25) is 4.79 Å². The maximum atomic E-state index is 10.7. The van der Waals surface area contributed by atoms with Crippen LogP contribution in [0.2, 0.25) is 0 Å². The molecule has 0 saturated carbocycles. The first-order valence-corrected chi connectivity index (χ1v) is 5.73. The molecule has 0 aliphatic carbocycles. The molecule has 0 saturated heterocycles. The fraction of sp³-hybridized carbons (Fsp3) is 0.917. The van der Waals surface area contributed by atoms with Gasteiger partial charge in [0.05, 0.1) is 17.8 Å². The van der Waals surface area contributed by atoms with E-state index < -0.39 is 5.60 Å². The number of carbonyl (C=O) groups is 1. The molecule has 0 spiro atoms. The fourth-order valence-electron chi connectivity index (χ4n) is 1.19. The van der Waals surface area contributed by atoms with Crippen LogP contribution in [0.15, 0.2) is 0 Å². The number of carbonyl (C=O) groups excluding carboxylic acids is 1. The van der Waals surface area contributed by atoms with Crippen molar-refractivity contribution in [2.45, 2.75) is 58.7 Å². The Balaban J connectivity index is 3.74. The van der Waals surface area contributed by atoms with Gasteiger partial charge in [0.2, 0.25) is 5.91 Å². The van der Waals surface area contributed by atoms with Crippen LogP contribution in [0.5, 0.6) is 0 Å². The van der Waals surface area contributed by atoms with Crippen LogP contribution in [0.1, 0.15) is 47.5 Å². The first kappa shape index (κ1) is 15.4. The minimum atomic E-state index is -0.687. The van der Waals surface area contributed by atoms with Gasteiger partial charge in [0.25, 0.3) is 0 Å². The average Bonchev–Trinajstić information content (AvgIpc) is 1.99. The van der Waals surface area contributed by atoms with Crippen molar-refractivity contribution < 1.29 is 14.6 Å². The summed E-state index contributed by atoms with van der Waals surface area (Å²) in [5.74, 6) is -0.0210. The third kappa shape index (κ3) is 9.93. The molecule has 0 aliphatic heterocycles. The molecule has 96 valence electrons. The lowest BCUT2D eigenvalue weighted by Crippen LogP contribution is -2.33. The van der Waals surface area contributed by atoms with Gasteiger partial charge in [-0.05, 0) is 40.5 Å². The molecule has 0 aromatic rings. The molecule has 0 heterocycles. The lowest BCUT2D eigenvalue weighted by Gasteiger charge is -2.27. The SMILES string of the molecule is CC(=O)NCCC(C)(C)OCCC(C)(C)O. The van der Waals surface area contributed by atoms with Crippen molar-refractivity contribution in [3.63, 3.8) is 0 Å². The Bertz CT molecular complexity index is 219. The monoisotopic (exact) mass is 231 g/mol. The summed E-state index contributed by atoms with van der Waals surface area (Å²) in [4.78, 5) is 10.7. The van der Waals surface area contributed by atoms with E-state index in [1.807, 2.05) is 13.8 Å². The Labute approximate surface area is 98.4 Å². The van der Waals surface area contributed by atoms with Gasteiger partial charge in [-0.2, -0.15) is 0 Å². The summed E-state index contributed by atoms with van der Waals surface area (Å²) in [6, 6.07) is 0. The highest BCUT2D eigenvalue weighted by Crippen LogP contribution is 2.16. The van der Waals surface area contributed by atoms with E-state index in [2.05, 4.69) is 5.32 Å². The van der Waals surface area contributed by atoms with Gasteiger partial charge in [-0.1, -0.05) is 0 Å². The third-order valence-electron chi connectivity index (χ3n) is 2.31. The summed E-state index contributed by atoms with van der Waals surface area (Å²) >= 11 is 0. The van der Waals surface area contributed by atoms with Gasteiger partial charge < -0.3 is 15.2 Å². The van der Waals surface area contributed by atoms with E-state index >= 15 is 0 Å². The van der Waals surface area contributed by atoms with Crippen LogP contribution in [0.25, 0.3) is 0 Å². The molecule has 1 amide bonds. The van der Waals surface area contributed by atoms with Gasteiger partial charge >= 0.3 is 0 Å². The number of rotatable bonds is 7. The predicted molar refractivity (Wildman–Crippen MR) is 64.2 cm³/mol. The van der Waals surface area contributed by atoms with Crippen molar-refractivity contribution in [1.29, 1.82) is 0 Å². The normalized spacial score (nSPS) is 12.6. The van der Waals surface area contributed by atoms with Crippen LogP contribution in [-0.2, 0) is 9.53 Å². The molecule has 0 atom stereocenters. The minimum Gasteiger partial charge on any atom is -0.390 e. The van der Waals surface area contributed by atoms with Crippen LogP contribution >= 0.6 is 0 Å². The molecular weight excluding hydrogens is 206 g/mol. The fourth-order valence-corrected chi connectivity index (χ4v) is 1.19. The number of amides is 1. The summed E-state index contributed by atoms with van der Waals surface area (Å²) in [6.07, 6.45) is 1.37. The summed E-state index contributed by atoms with van der Waals surface area (Å²) in [7, 11) is 0. The quantitative estimate of drug-likeness (QED) is 0.697. The Kier molecular flexibility index (Phi) is 5.97. The van der Waals surface area contributed by atoms with Crippen molar-refractivity contribution in [1.82, 2.24) is 5.32 Å². The smallest absolute Gasteiger partial charge is 0.216 e. The number of aliphatic hydroxyl groups is 1. The number of hydrogen-bond donors (Lipinski definition) is 2. The molecule has 0 aromatic heterocycles. The Hall–Kier alpha value is -0.610. The maximum Gasteiger partial charge on any atom is 0.216 e. The minimum absolute atomic E-state index is 0.0210. The zero-order valence-electron chi connectivity index (χ0n) is 11.1. The molecule has 0 rings (SSSR count). The lowest BCUT2D eigenvalue weighted by molar-refractivity contribution is -0.119. The predicted octanol–water partition coefficient (Wildman–Crippen LogP) is 1.47. The molecule has 0 radical (unpaired) electrons. The highest BCUT2D eigenvalue weighted by molar-refractivity contribution is 5.72. The van der Waals surface area contributed by atoms with Gasteiger partial charge in [0.1, 0.15) is 0 Å². The number of ether oxygens (including phenoxy) is 1. The summed E-state index contributed by atoms with van der Waals surface area (Å²) in [5.41, 5.74) is -0.957. The second-order valence-electron chi connectivity index (χ2n) is 5.40. The highest BCUT2D eigenvalue weighted by Gasteiger charge is 2.20. The van der Waals surface area contributed by atoms with E-state index in [1.54, 1.807) is 13.8 Å². The molecule has 0 aliphatic rings. The van der Waals surface area contributed by atoms with Crippen LogP contribution in [0.4, 0.5) is 0 Å². The summed E-state index contributed by atoms with van der Waals surface area (Å²) in [6.45, 7) is 10.1. The standard InChI is InChI=1S/C12H25NO3/c1-10(14)13-8-6-12(4,5)16-9-7-11(2,3)15/h15H,6-9H2,1-5H3,(H,13,14). The van der Waals surface area contributed by atoms with E-state index in [4.69, 9.17) is 4.74 Å². The Morgan fingerprint density at radius 2 is 1.81 bits per heavy atom. The zero-order chi connectivity index (χ0) is 12.8. The molecule has 16 heavy (non-hydrogen) atoms. The summed E-state index contributed by atoms with van der Waals surface area (Å²) in [5, 5.41) is 12.3. The second-order valence-corrected chi connectivity index (χ2v) is 5.40. The van der Waals surface area contributed by atoms with E-state index in [1.165, 1.54) is 6.92 Å². The van der Waals surface area contributed by atoms with Crippen molar-refractivity contribution in [3.8, 4) is 0 Å². The lowest BCUT2D eigenvalue weighted by atomic mass is 10.0. The zero-order valence-corrected chi connectivity index (χ0v) is 11.1. The van der Waals surface area contributed by atoms with E-state index in [-0.39, 0.29) is 11.5 Å². The number of nitrogens with one attached hydrogen (secondary N) is 1. The first-order valence-electron chi connectivity index (χ1n) is 5.73. The highest BCUT2D eigenvalue weighted by atomic mass is 16.5. The molecule has 4 heteroatoms. The van der Waals surface area contributed by atoms with Crippen LogP contribution < -0.4 is 5.32 Å². The van der Waals surface area contributed by atoms with E-state index in [0.717, 1.165) is 6.42 Å². The van der Waals surface area contributed by atoms with Crippen LogP contribution in [-0.4, -0.2) is 35.4 Å². The van der Waals surface area contributed by atoms with E-state index in [0.29, 0.717) is 19.6 Å². The topological polar surface area (TPSA) is 58.6 Å². The van der Waals surface area contributed by atoms with Gasteiger partial charge in [-0.25, -0.2) is 0 Å². The molecule has 0 aromatic carbocycles. The second kappa shape index (κ2) is 6.21. The van der Waals surface area contributed by atoms with Gasteiger partial charge in [0.15, 0.2) is 0 Å². The van der Waals surface area contributed by atoms with Crippen molar-refractivity contribution in [3.05, 3.63) is 0 Å². The van der Waals surface area contributed by atoms with E-state index in [9.17, 15) is 9.90 Å². The third-order valence-corrected chi connectivity index (χ3v) is 2.31. The van der Waals surface area contributed by atoms with Crippen molar-refractivity contribution in [2.75, 3.05) is 13.2 Å².